The third-order valence-electron chi connectivity index (χ3n) is 2.78. The van der Waals surface area contributed by atoms with Crippen molar-refractivity contribution in [3.05, 3.63) is 0 Å². The lowest BCUT2D eigenvalue weighted by Gasteiger charge is -2.23. The quantitative estimate of drug-likeness (QED) is 0.406. The van der Waals surface area contributed by atoms with E-state index in [-0.39, 0.29) is 30.1 Å². The van der Waals surface area contributed by atoms with Gasteiger partial charge in [-0.1, -0.05) is 29.8 Å². The summed E-state index contributed by atoms with van der Waals surface area (Å²) in [6.07, 6.45) is -0.192. The molecule has 4 N–H and O–H groups in total. The van der Waals surface area contributed by atoms with Crippen LogP contribution in [0.5, 0.6) is 0 Å². The second-order valence-corrected chi connectivity index (χ2v) is 5.65. The molecule has 9 heteroatoms. The fourth-order valence-corrected chi connectivity index (χ4v) is 1.72. The SMILES string of the molecule is CC(NC(=O)C(NC(=O)CBr)C(C)C)C(=O)NCCC(=O)O. The average Bonchev–Trinajstić information content (AvgIpc) is 2.43. The number of hydrogen-bond acceptors (Lipinski definition) is 4. The van der Waals surface area contributed by atoms with Crippen molar-refractivity contribution in [1.29, 1.82) is 0 Å². The molecule has 8 nitrogen and oxygen atoms in total. The predicted molar refractivity (Wildman–Crippen MR) is 83.4 cm³/mol. The van der Waals surface area contributed by atoms with Crippen molar-refractivity contribution in [2.45, 2.75) is 39.3 Å². The molecule has 0 aromatic heterocycles. The number of hydrogen-bond donors (Lipinski definition) is 4. The maximum Gasteiger partial charge on any atom is 0.305 e. The van der Waals surface area contributed by atoms with Gasteiger partial charge in [0, 0.05) is 6.54 Å². The molecule has 126 valence electrons. The lowest BCUT2D eigenvalue weighted by Crippen LogP contribution is -2.54. The first-order valence-electron chi connectivity index (χ1n) is 6.84. The van der Waals surface area contributed by atoms with Crippen LogP contribution in [0.2, 0.25) is 0 Å². The zero-order chi connectivity index (χ0) is 17.3. The van der Waals surface area contributed by atoms with Crippen LogP contribution in [0.1, 0.15) is 27.2 Å². The minimum atomic E-state index is -1.02. The molecular formula is C13H22BrN3O5. The van der Waals surface area contributed by atoms with Crippen LogP contribution in [0.4, 0.5) is 0 Å². The van der Waals surface area contributed by atoms with Crippen LogP contribution < -0.4 is 16.0 Å². The lowest BCUT2D eigenvalue weighted by molar-refractivity contribution is -0.137. The molecule has 0 radical (unpaired) electrons. The van der Waals surface area contributed by atoms with E-state index in [1.165, 1.54) is 6.92 Å². The highest BCUT2D eigenvalue weighted by Gasteiger charge is 2.26. The Labute approximate surface area is 137 Å². The van der Waals surface area contributed by atoms with Crippen LogP contribution in [0, 0.1) is 5.92 Å². The van der Waals surface area contributed by atoms with Crippen LogP contribution in [0.25, 0.3) is 0 Å². The highest BCUT2D eigenvalue weighted by molar-refractivity contribution is 9.09. The normalized spacial score (nSPS) is 13.1. The summed E-state index contributed by atoms with van der Waals surface area (Å²) in [5.74, 6) is -2.44. The van der Waals surface area contributed by atoms with Gasteiger partial charge in [0.15, 0.2) is 0 Å². The molecule has 0 aliphatic heterocycles. The molecule has 0 aliphatic rings. The molecule has 3 amide bonds. The number of alkyl halides is 1. The van der Waals surface area contributed by atoms with Gasteiger partial charge in [0.1, 0.15) is 12.1 Å². The summed E-state index contributed by atoms with van der Waals surface area (Å²) >= 11 is 3.00. The summed E-state index contributed by atoms with van der Waals surface area (Å²) in [4.78, 5) is 45.6. The first kappa shape index (κ1) is 20.4. The van der Waals surface area contributed by atoms with Crippen molar-refractivity contribution in [2.24, 2.45) is 5.92 Å². The smallest absolute Gasteiger partial charge is 0.305 e. The van der Waals surface area contributed by atoms with Gasteiger partial charge in [-0.25, -0.2) is 0 Å². The lowest BCUT2D eigenvalue weighted by atomic mass is 10.0. The predicted octanol–water partition coefficient (Wildman–Crippen LogP) is -0.382. The van der Waals surface area contributed by atoms with Gasteiger partial charge in [-0.05, 0) is 12.8 Å². The van der Waals surface area contributed by atoms with E-state index in [2.05, 4.69) is 31.9 Å². The van der Waals surface area contributed by atoms with Gasteiger partial charge in [-0.3, -0.25) is 19.2 Å². The molecule has 0 saturated carbocycles. The maximum absolute atomic E-state index is 12.1. The van der Waals surface area contributed by atoms with Gasteiger partial charge >= 0.3 is 5.97 Å². The zero-order valence-corrected chi connectivity index (χ0v) is 14.4. The van der Waals surface area contributed by atoms with Crippen LogP contribution in [0.3, 0.4) is 0 Å². The van der Waals surface area contributed by atoms with Gasteiger partial charge in [-0.2, -0.15) is 0 Å². The minimum Gasteiger partial charge on any atom is -0.481 e. The van der Waals surface area contributed by atoms with Gasteiger partial charge in [-0.15, -0.1) is 0 Å². The Hall–Kier alpha value is -1.64. The molecular weight excluding hydrogens is 358 g/mol. The van der Waals surface area contributed by atoms with Crippen molar-refractivity contribution < 1.29 is 24.3 Å². The van der Waals surface area contributed by atoms with E-state index in [0.29, 0.717) is 0 Å². The molecule has 22 heavy (non-hydrogen) atoms. The molecule has 2 atom stereocenters. The first-order valence-corrected chi connectivity index (χ1v) is 7.96. The van der Waals surface area contributed by atoms with Crippen LogP contribution >= 0.6 is 15.9 Å². The summed E-state index contributed by atoms with van der Waals surface area (Å²) in [5.41, 5.74) is 0. The summed E-state index contributed by atoms with van der Waals surface area (Å²) in [6.45, 7) is 5.02. The molecule has 2 unspecified atom stereocenters. The fourth-order valence-electron chi connectivity index (χ4n) is 1.56. The zero-order valence-electron chi connectivity index (χ0n) is 12.8. The number of rotatable bonds is 9. The van der Waals surface area contributed by atoms with E-state index in [1.807, 2.05) is 0 Å². The molecule has 0 fully saturated rings. The number of carboxylic acid groups (broad SMARTS) is 1. The Kier molecular flexibility index (Phi) is 9.39. The van der Waals surface area contributed by atoms with Crippen molar-refractivity contribution in [3.8, 4) is 0 Å². The number of halogens is 1. The van der Waals surface area contributed by atoms with Crippen LogP contribution in [-0.4, -0.2) is 52.8 Å². The standard InChI is InChI=1S/C13H22BrN3O5/c1-7(2)11(17-9(18)6-14)13(22)16-8(3)12(21)15-5-4-10(19)20/h7-8,11H,4-6H2,1-3H3,(H,15,21)(H,16,22)(H,17,18)(H,19,20). The van der Waals surface area contributed by atoms with Crippen molar-refractivity contribution >= 4 is 39.6 Å². The molecule has 0 spiro atoms. The number of aliphatic carboxylic acids is 1. The molecule has 0 bridgehead atoms. The molecule has 0 heterocycles. The minimum absolute atomic E-state index is 0.0116. The number of amides is 3. The van der Waals surface area contributed by atoms with E-state index in [9.17, 15) is 19.2 Å². The van der Waals surface area contributed by atoms with Crippen molar-refractivity contribution in [2.75, 3.05) is 11.9 Å². The maximum atomic E-state index is 12.1. The fraction of sp³-hybridized carbons (Fsp3) is 0.692. The van der Waals surface area contributed by atoms with E-state index in [0.717, 1.165) is 0 Å². The van der Waals surface area contributed by atoms with E-state index < -0.39 is 29.9 Å². The second kappa shape index (κ2) is 10.1. The van der Waals surface area contributed by atoms with Crippen molar-refractivity contribution in [3.63, 3.8) is 0 Å². The largest absolute Gasteiger partial charge is 0.481 e. The van der Waals surface area contributed by atoms with Gasteiger partial charge in [0.05, 0.1) is 11.8 Å². The number of carbonyl (C=O) groups excluding carboxylic acids is 3. The first-order chi connectivity index (χ1) is 10.2. The van der Waals surface area contributed by atoms with Gasteiger partial charge < -0.3 is 21.1 Å². The third kappa shape index (κ3) is 7.96. The van der Waals surface area contributed by atoms with Gasteiger partial charge in [0.2, 0.25) is 17.7 Å². The molecule has 0 rings (SSSR count). The number of carbonyl (C=O) groups is 4. The Bertz CT molecular complexity index is 428. The molecule has 0 aromatic carbocycles. The second-order valence-electron chi connectivity index (χ2n) is 5.09. The highest BCUT2D eigenvalue weighted by atomic mass is 79.9. The average molecular weight is 380 g/mol. The Morgan fingerprint density at radius 1 is 1.05 bits per heavy atom. The van der Waals surface area contributed by atoms with Gasteiger partial charge in [0.25, 0.3) is 0 Å². The van der Waals surface area contributed by atoms with E-state index in [4.69, 9.17) is 5.11 Å². The molecule has 0 aromatic rings. The Morgan fingerprint density at radius 3 is 2.09 bits per heavy atom. The Morgan fingerprint density at radius 2 is 1.64 bits per heavy atom. The monoisotopic (exact) mass is 379 g/mol. The van der Waals surface area contributed by atoms with Crippen LogP contribution in [0.15, 0.2) is 0 Å². The highest BCUT2D eigenvalue weighted by Crippen LogP contribution is 2.03. The summed E-state index contributed by atoms with van der Waals surface area (Å²) in [7, 11) is 0. The number of carboxylic acids is 1. The van der Waals surface area contributed by atoms with Crippen molar-refractivity contribution in [1.82, 2.24) is 16.0 Å². The summed E-state index contributed by atoms with van der Waals surface area (Å²) in [6, 6.07) is -1.58. The van der Waals surface area contributed by atoms with E-state index in [1.54, 1.807) is 13.8 Å². The molecule has 0 aliphatic carbocycles. The van der Waals surface area contributed by atoms with Crippen LogP contribution in [-0.2, 0) is 19.2 Å². The summed E-state index contributed by atoms with van der Waals surface area (Å²) < 4.78 is 0. The third-order valence-corrected chi connectivity index (χ3v) is 3.29. The number of nitrogens with one attached hydrogen (secondary N) is 3. The van der Waals surface area contributed by atoms with E-state index >= 15 is 0 Å². The Balaban J connectivity index is 4.48. The molecule has 0 saturated heterocycles. The summed E-state index contributed by atoms with van der Waals surface area (Å²) in [5, 5.41) is 16.0. The topological polar surface area (TPSA) is 125 Å².